The lowest BCUT2D eigenvalue weighted by molar-refractivity contribution is -0.154. The average Bonchev–Trinajstić information content (AvgIpc) is 2.92. The minimum absolute atomic E-state index is 0.0969. The summed E-state index contributed by atoms with van der Waals surface area (Å²) in [5.41, 5.74) is 0. The predicted molar refractivity (Wildman–Crippen MR) is 164 cm³/mol. The van der Waals surface area contributed by atoms with Crippen molar-refractivity contribution in [1.82, 2.24) is 0 Å². The van der Waals surface area contributed by atoms with E-state index in [4.69, 9.17) is 20.1 Å². The maximum absolute atomic E-state index is 11.0. The second kappa shape index (κ2) is 33.6. The smallest absolute Gasteiger partial charge is 0.334 e. The third kappa shape index (κ3) is 36.4. The topological polar surface area (TPSA) is 121 Å². The Hall–Kier alpha value is -1.63. The molecule has 0 aliphatic carbocycles. The lowest BCUT2D eigenvalue weighted by Crippen LogP contribution is -2.24. The number of aliphatic hydroxyl groups is 1. The number of rotatable bonds is 29. The number of carboxylic acid groups (broad SMARTS) is 2. The molecule has 0 aromatic heterocycles. The number of unbranched alkanes of at least 4 members (excludes halogenated alkanes) is 21. The molecule has 0 saturated carbocycles. The van der Waals surface area contributed by atoms with Crippen LogP contribution in [0.2, 0.25) is 0 Å². The first-order valence-corrected chi connectivity index (χ1v) is 16.6. The molecule has 0 aliphatic heterocycles. The largest absolute Gasteiger partial charge is 0.481 e. The van der Waals surface area contributed by atoms with Crippen LogP contribution in [0.5, 0.6) is 0 Å². The van der Waals surface area contributed by atoms with Gasteiger partial charge in [0.25, 0.3) is 0 Å². The van der Waals surface area contributed by atoms with E-state index in [-0.39, 0.29) is 19.4 Å². The molecule has 0 aliphatic rings. The third-order valence-corrected chi connectivity index (χ3v) is 7.14. The summed E-state index contributed by atoms with van der Waals surface area (Å²) in [5.74, 6) is -2.42. The number of carboxylic acids is 2. The van der Waals surface area contributed by atoms with Crippen LogP contribution in [0.15, 0.2) is 0 Å². The van der Waals surface area contributed by atoms with Crippen molar-refractivity contribution in [3.63, 3.8) is 0 Å². The van der Waals surface area contributed by atoms with E-state index in [0.717, 1.165) is 25.7 Å². The molecule has 7 nitrogen and oxygen atoms in total. The molecule has 0 fully saturated rings. The van der Waals surface area contributed by atoms with Crippen LogP contribution in [-0.2, 0) is 19.1 Å². The Balaban J connectivity index is 0. The Labute approximate surface area is 245 Å². The van der Waals surface area contributed by atoms with Crippen LogP contribution in [0.25, 0.3) is 0 Å². The van der Waals surface area contributed by atoms with Gasteiger partial charge in [-0.05, 0) is 19.3 Å². The van der Waals surface area contributed by atoms with Gasteiger partial charge in [0.2, 0.25) is 0 Å². The van der Waals surface area contributed by atoms with Gasteiger partial charge in [-0.1, -0.05) is 149 Å². The zero-order valence-corrected chi connectivity index (χ0v) is 26.1. The lowest BCUT2D eigenvalue weighted by Gasteiger charge is -2.08. The molecule has 0 bridgehead atoms. The van der Waals surface area contributed by atoms with Gasteiger partial charge in [-0.25, -0.2) is 4.79 Å². The van der Waals surface area contributed by atoms with E-state index in [1.165, 1.54) is 122 Å². The summed E-state index contributed by atoms with van der Waals surface area (Å²) in [4.78, 5) is 31.5. The first-order valence-electron chi connectivity index (χ1n) is 16.6. The van der Waals surface area contributed by atoms with E-state index in [9.17, 15) is 14.4 Å². The normalized spacial score (nSPS) is 11.5. The number of carbonyl (C=O) groups is 3. The highest BCUT2D eigenvalue weighted by molar-refractivity contribution is 5.75. The zero-order chi connectivity index (χ0) is 30.1. The van der Waals surface area contributed by atoms with E-state index in [1.807, 2.05) is 6.92 Å². The van der Waals surface area contributed by atoms with Gasteiger partial charge < -0.3 is 20.1 Å². The standard InChI is InChI=1S/C24H48O2.C9H16O5/c1-2-3-4-5-6-7-8-9-10-11-12-13-14-15-16-17-18-19-20-21-22-23-24(25)26;1-2-3-6-14-9(13)7(10)4-5-8(11)12/h2-23H2,1H3,(H,25,26);7,10H,2-6H2,1H3,(H,11,12). The van der Waals surface area contributed by atoms with Crippen molar-refractivity contribution in [3.8, 4) is 0 Å². The first kappa shape index (κ1) is 40.5. The average molecular weight is 573 g/mol. The van der Waals surface area contributed by atoms with Crippen molar-refractivity contribution in [2.75, 3.05) is 6.61 Å². The van der Waals surface area contributed by atoms with Gasteiger partial charge in [0, 0.05) is 12.8 Å². The highest BCUT2D eigenvalue weighted by Gasteiger charge is 2.17. The number of aliphatic hydroxyl groups excluding tert-OH is 1. The molecule has 40 heavy (non-hydrogen) atoms. The molecule has 0 heterocycles. The summed E-state index contributed by atoms with van der Waals surface area (Å²) in [7, 11) is 0. The third-order valence-electron chi connectivity index (χ3n) is 7.14. The van der Waals surface area contributed by atoms with Gasteiger partial charge in [0.05, 0.1) is 6.61 Å². The van der Waals surface area contributed by atoms with Gasteiger partial charge in [0.1, 0.15) is 0 Å². The second-order valence-electron chi connectivity index (χ2n) is 11.2. The summed E-state index contributed by atoms with van der Waals surface area (Å²) in [6.45, 7) is 4.52. The Morgan fingerprint density at radius 1 is 0.500 bits per heavy atom. The summed E-state index contributed by atoms with van der Waals surface area (Å²) in [6.07, 6.45) is 29.1. The molecule has 0 amide bonds. The fourth-order valence-electron chi connectivity index (χ4n) is 4.50. The van der Waals surface area contributed by atoms with Crippen LogP contribution in [0, 0.1) is 0 Å². The lowest BCUT2D eigenvalue weighted by atomic mass is 10.0. The van der Waals surface area contributed by atoms with Crippen LogP contribution in [0.3, 0.4) is 0 Å². The van der Waals surface area contributed by atoms with E-state index in [0.29, 0.717) is 6.42 Å². The molecular weight excluding hydrogens is 508 g/mol. The van der Waals surface area contributed by atoms with Gasteiger partial charge in [-0.15, -0.1) is 0 Å². The molecule has 0 radical (unpaired) electrons. The molecular formula is C33H64O7. The van der Waals surface area contributed by atoms with Gasteiger partial charge in [0.15, 0.2) is 6.10 Å². The molecule has 0 aromatic carbocycles. The number of ether oxygens (including phenoxy) is 1. The first-order chi connectivity index (χ1) is 19.3. The zero-order valence-electron chi connectivity index (χ0n) is 26.1. The number of hydrogen-bond donors (Lipinski definition) is 3. The van der Waals surface area contributed by atoms with Crippen LogP contribution in [-0.4, -0.2) is 45.9 Å². The summed E-state index contributed by atoms with van der Waals surface area (Å²) >= 11 is 0. The maximum Gasteiger partial charge on any atom is 0.334 e. The van der Waals surface area contributed by atoms with Gasteiger partial charge in [-0.2, -0.15) is 0 Å². The quantitative estimate of drug-likeness (QED) is 0.0603. The Kier molecular flexibility index (Phi) is 34.0. The van der Waals surface area contributed by atoms with Crippen molar-refractivity contribution >= 4 is 17.9 Å². The highest BCUT2D eigenvalue weighted by Crippen LogP contribution is 2.15. The summed E-state index contributed by atoms with van der Waals surface area (Å²) < 4.78 is 4.69. The van der Waals surface area contributed by atoms with Crippen LogP contribution >= 0.6 is 0 Å². The number of hydrogen-bond acceptors (Lipinski definition) is 5. The predicted octanol–water partition coefficient (Wildman–Crippen LogP) is 9.23. The Morgan fingerprint density at radius 2 is 0.825 bits per heavy atom. The number of aliphatic carboxylic acids is 2. The Morgan fingerprint density at radius 3 is 1.15 bits per heavy atom. The van der Waals surface area contributed by atoms with Crippen molar-refractivity contribution in [2.24, 2.45) is 0 Å². The van der Waals surface area contributed by atoms with Gasteiger partial charge >= 0.3 is 17.9 Å². The Bertz CT molecular complexity index is 565. The maximum atomic E-state index is 11.0. The molecule has 0 saturated heterocycles. The van der Waals surface area contributed by atoms with Gasteiger partial charge in [-0.3, -0.25) is 9.59 Å². The van der Waals surface area contributed by atoms with E-state index in [2.05, 4.69) is 6.92 Å². The molecule has 0 spiro atoms. The van der Waals surface area contributed by atoms with Crippen LogP contribution in [0.4, 0.5) is 0 Å². The summed E-state index contributed by atoms with van der Waals surface area (Å²) in [5, 5.41) is 26.0. The SMILES string of the molecule is CCCCCCCCCCCCCCCCCCCCCCCC(=O)O.CCCCOC(=O)C(O)CCC(=O)O. The van der Waals surface area contributed by atoms with Crippen LogP contribution in [0.1, 0.15) is 181 Å². The van der Waals surface area contributed by atoms with Crippen molar-refractivity contribution in [2.45, 2.75) is 187 Å². The number of esters is 1. The minimum Gasteiger partial charge on any atom is -0.481 e. The fourth-order valence-corrected chi connectivity index (χ4v) is 4.50. The molecule has 238 valence electrons. The van der Waals surface area contributed by atoms with Crippen molar-refractivity contribution < 1.29 is 34.4 Å². The molecule has 0 rings (SSSR count). The fraction of sp³-hybridized carbons (Fsp3) is 0.909. The monoisotopic (exact) mass is 572 g/mol. The van der Waals surface area contributed by atoms with E-state index < -0.39 is 24.0 Å². The molecule has 1 unspecified atom stereocenters. The highest BCUT2D eigenvalue weighted by atomic mass is 16.5. The summed E-state index contributed by atoms with van der Waals surface area (Å²) in [6, 6.07) is 0. The van der Waals surface area contributed by atoms with Crippen molar-refractivity contribution in [3.05, 3.63) is 0 Å². The van der Waals surface area contributed by atoms with E-state index in [1.54, 1.807) is 0 Å². The minimum atomic E-state index is -1.32. The molecule has 3 N–H and O–H groups in total. The van der Waals surface area contributed by atoms with Crippen LogP contribution < -0.4 is 0 Å². The van der Waals surface area contributed by atoms with Crippen molar-refractivity contribution in [1.29, 1.82) is 0 Å². The van der Waals surface area contributed by atoms with E-state index >= 15 is 0 Å². The molecule has 7 heteroatoms. The molecule has 1 atom stereocenters. The second-order valence-corrected chi connectivity index (χ2v) is 11.2. The number of carbonyl (C=O) groups excluding carboxylic acids is 1. The molecule has 0 aromatic rings.